The second-order valence-corrected chi connectivity index (χ2v) is 11.1. The van der Waals surface area contributed by atoms with E-state index in [4.69, 9.17) is 9.72 Å². The molecule has 2 heterocycles. The average Bonchev–Trinajstić information content (AvgIpc) is 3.45. The van der Waals surface area contributed by atoms with Gasteiger partial charge in [0.25, 0.3) is 5.91 Å². The number of ether oxygens (including phenoxy) is 1. The molecule has 0 bridgehead atoms. The van der Waals surface area contributed by atoms with Gasteiger partial charge in [-0.3, -0.25) is 9.69 Å². The third kappa shape index (κ3) is 4.37. The van der Waals surface area contributed by atoms with Gasteiger partial charge in [0, 0.05) is 12.2 Å². The topological polar surface area (TPSA) is 76.6 Å². The lowest BCUT2D eigenvalue weighted by Gasteiger charge is -2.23. The number of carbonyl (C=O) groups is 1. The number of fused-ring (bicyclic) bond motifs is 1. The van der Waals surface area contributed by atoms with E-state index in [2.05, 4.69) is 6.07 Å². The first-order valence-corrected chi connectivity index (χ1v) is 12.9. The number of rotatable bonds is 6. The molecule has 2 aromatic carbocycles. The molecule has 0 N–H and O–H groups in total. The molecule has 1 aliphatic rings. The van der Waals surface area contributed by atoms with Crippen LogP contribution in [0.25, 0.3) is 10.2 Å². The first-order valence-electron chi connectivity index (χ1n) is 10.4. The molecule has 0 saturated carbocycles. The van der Waals surface area contributed by atoms with Gasteiger partial charge in [0.1, 0.15) is 0 Å². The molecule has 0 spiro atoms. The van der Waals surface area contributed by atoms with Gasteiger partial charge in [-0.2, -0.15) is 0 Å². The van der Waals surface area contributed by atoms with E-state index in [1.54, 1.807) is 24.0 Å². The van der Waals surface area contributed by atoms with Crippen molar-refractivity contribution in [1.82, 2.24) is 4.98 Å². The van der Waals surface area contributed by atoms with Crippen molar-refractivity contribution in [3.8, 4) is 0 Å². The highest BCUT2D eigenvalue weighted by Crippen LogP contribution is 2.34. The highest BCUT2D eigenvalue weighted by molar-refractivity contribution is 7.91. The maximum atomic E-state index is 13.5. The molecular formula is C23H26N2O4S2. The van der Waals surface area contributed by atoms with Crippen molar-refractivity contribution in [2.75, 3.05) is 23.8 Å². The van der Waals surface area contributed by atoms with E-state index in [0.29, 0.717) is 23.8 Å². The van der Waals surface area contributed by atoms with E-state index in [1.165, 1.54) is 23.5 Å². The molecule has 164 valence electrons. The summed E-state index contributed by atoms with van der Waals surface area (Å²) < 4.78 is 31.1. The summed E-state index contributed by atoms with van der Waals surface area (Å²) in [7, 11) is -3.31. The predicted octanol–water partition coefficient (Wildman–Crippen LogP) is 4.53. The van der Waals surface area contributed by atoms with Gasteiger partial charge in [-0.1, -0.05) is 30.4 Å². The SMILES string of the molecule is CCS(=O)(=O)c1ccc(C(=O)N(CC2CCCO2)c2nc3c(C)ccc(C)c3s2)cc1. The molecule has 8 heteroatoms. The zero-order chi connectivity index (χ0) is 22.2. The number of aromatic nitrogens is 1. The minimum absolute atomic E-state index is 0.0237. The van der Waals surface area contributed by atoms with Crippen molar-refractivity contribution < 1.29 is 17.9 Å². The Morgan fingerprint density at radius 1 is 1.16 bits per heavy atom. The summed E-state index contributed by atoms with van der Waals surface area (Å²) >= 11 is 1.51. The first-order chi connectivity index (χ1) is 14.8. The fourth-order valence-electron chi connectivity index (χ4n) is 3.73. The molecule has 3 aromatic rings. The van der Waals surface area contributed by atoms with Gasteiger partial charge in [-0.25, -0.2) is 13.4 Å². The minimum Gasteiger partial charge on any atom is -0.376 e. The minimum atomic E-state index is -3.31. The van der Waals surface area contributed by atoms with Crippen molar-refractivity contribution in [2.45, 2.75) is 44.6 Å². The lowest BCUT2D eigenvalue weighted by Crippen LogP contribution is -2.37. The van der Waals surface area contributed by atoms with Crippen LogP contribution in [0.2, 0.25) is 0 Å². The van der Waals surface area contributed by atoms with Crippen LogP contribution in [0, 0.1) is 13.8 Å². The predicted molar refractivity (Wildman–Crippen MR) is 124 cm³/mol. The number of amides is 1. The molecule has 1 aromatic heterocycles. The van der Waals surface area contributed by atoms with Gasteiger partial charge in [-0.15, -0.1) is 0 Å². The Morgan fingerprint density at radius 3 is 2.48 bits per heavy atom. The summed E-state index contributed by atoms with van der Waals surface area (Å²) in [6.45, 7) is 6.79. The largest absolute Gasteiger partial charge is 0.376 e. The van der Waals surface area contributed by atoms with Crippen LogP contribution in [0.1, 0.15) is 41.3 Å². The summed E-state index contributed by atoms with van der Waals surface area (Å²) in [5.74, 6) is -0.180. The number of carbonyl (C=O) groups excluding carboxylic acids is 1. The lowest BCUT2D eigenvalue weighted by atomic mass is 10.1. The quantitative estimate of drug-likeness (QED) is 0.542. The lowest BCUT2D eigenvalue weighted by molar-refractivity contribution is 0.0917. The van der Waals surface area contributed by atoms with Gasteiger partial charge in [-0.05, 0) is 62.1 Å². The van der Waals surface area contributed by atoms with Crippen molar-refractivity contribution in [2.24, 2.45) is 0 Å². The Morgan fingerprint density at radius 2 is 1.87 bits per heavy atom. The third-order valence-corrected chi connectivity index (χ3v) is 8.62. The number of nitrogens with zero attached hydrogens (tertiary/aromatic N) is 2. The smallest absolute Gasteiger partial charge is 0.260 e. The number of aryl methyl sites for hydroxylation is 2. The Kier molecular flexibility index (Phi) is 6.14. The molecule has 1 aliphatic heterocycles. The second-order valence-electron chi connectivity index (χ2n) is 7.85. The fourth-order valence-corrected chi connectivity index (χ4v) is 5.73. The average molecular weight is 459 g/mol. The van der Waals surface area contributed by atoms with E-state index >= 15 is 0 Å². The van der Waals surface area contributed by atoms with E-state index in [-0.39, 0.29) is 22.7 Å². The number of sulfone groups is 1. The zero-order valence-electron chi connectivity index (χ0n) is 17.9. The van der Waals surface area contributed by atoms with Crippen LogP contribution in [0.15, 0.2) is 41.3 Å². The van der Waals surface area contributed by atoms with Crippen LogP contribution >= 0.6 is 11.3 Å². The normalized spacial score (nSPS) is 16.7. The van der Waals surface area contributed by atoms with Crippen molar-refractivity contribution in [3.63, 3.8) is 0 Å². The van der Waals surface area contributed by atoms with Crippen LogP contribution in [-0.4, -0.2) is 44.3 Å². The highest BCUT2D eigenvalue weighted by Gasteiger charge is 2.27. The number of anilines is 1. The molecule has 1 amide bonds. The van der Waals surface area contributed by atoms with Crippen LogP contribution in [0.5, 0.6) is 0 Å². The van der Waals surface area contributed by atoms with Crippen LogP contribution in [0.4, 0.5) is 5.13 Å². The molecule has 1 fully saturated rings. The zero-order valence-corrected chi connectivity index (χ0v) is 19.6. The van der Waals surface area contributed by atoms with E-state index in [1.807, 2.05) is 19.9 Å². The number of thiazole rings is 1. The molecule has 0 aliphatic carbocycles. The Labute approximate surface area is 186 Å². The van der Waals surface area contributed by atoms with E-state index in [9.17, 15) is 13.2 Å². The summed E-state index contributed by atoms with van der Waals surface area (Å²) in [5, 5.41) is 0.637. The fraction of sp³-hybridized carbons (Fsp3) is 0.391. The van der Waals surface area contributed by atoms with Gasteiger partial charge in [0.05, 0.1) is 33.5 Å². The van der Waals surface area contributed by atoms with Crippen LogP contribution in [-0.2, 0) is 14.6 Å². The van der Waals surface area contributed by atoms with E-state index in [0.717, 1.165) is 34.2 Å². The van der Waals surface area contributed by atoms with Crippen molar-refractivity contribution in [1.29, 1.82) is 0 Å². The maximum Gasteiger partial charge on any atom is 0.260 e. The molecule has 4 rings (SSSR count). The molecule has 1 unspecified atom stereocenters. The summed E-state index contributed by atoms with van der Waals surface area (Å²) in [4.78, 5) is 20.2. The van der Waals surface area contributed by atoms with Gasteiger partial charge in [0.2, 0.25) is 0 Å². The van der Waals surface area contributed by atoms with Gasteiger partial charge >= 0.3 is 0 Å². The Bertz CT molecular complexity index is 1170. The third-order valence-electron chi connectivity index (χ3n) is 5.66. The molecule has 1 atom stereocenters. The van der Waals surface area contributed by atoms with Gasteiger partial charge < -0.3 is 4.74 Å². The van der Waals surface area contributed by atoms with Gasteiger partial charge in [0.15, 0.2) is 15.0 Å². The van der Waals surface area contributed by atoms with E-state index < -0.39 is 9.84 Å². The Hall–Kier alpha value is -2.29. The number of benzene rings is 2. The van der Waals surface area contributed by atoms with Crippen LogP contribution in [0.3, 0.4) is 0 Å². The molecular weight excluding hydrogens is 432 g/mol. The second kappa shape index (κ2) is 8.68. The monoisotopic (exact) mass is 458 g/mol. The first kappa shape index (κ1) is 21.9. The standard InChI is InChI=1S/C23H26N2O4S2/c1-4-31(27,28)19-11-9-17(10-12-19)22(26)25(14-18-6-5-13-29-18)23-24-20-15(2)7-8-16(3)21(20)30-23/h7-12,18H,4-6,13-14H2,1-3H3. The molecule has 6 nitrogen and oxygen atoms in total. The molecule has 1 saturated heterocycles. The summed E-state index contributed by atoms with van der Waals surface area (Å²) in [6.07, 6.45) is 1.85. The Balaban J connectivity index is 1.72. The highest BCUT2D eigenvalue weighted by atomic mass is 32.2. The molecule has 0 radical (unpaired) electrons. The summed E-state index contributed by atoms with van der Waals surface area (Å²) in [5.41, 5.74) is 3.54. The molecule has 31 heavy (non-hydrogen) atoms. The number of hydrogen-bond acceptors (Lipinski definition) is 6. The van der Waals surface area contributed by atoms with Crippen molar-refractivity contribution in [3.05, 3.63) is 53.1 Å². The summed E-state index contributed by atoms with van der Waals surface area (Å²) in [6, 6.07) is 10.3. The van der Waals surface area contributed by atoms with Crippen molar-refractivity contribution >= 4 is 42.4 Å². The maximum absolute atomic E-state index is 13.5. The van der Waals surface area contributed by atoms with Crippen LogP contribution < -0.4 is 4.90 Å². The number of hydrogen-bond donors (Lipinski definition) is 0.